The topological polar surface area (TPSA) is 89.5 Å². The van der Waals surface area contributed by atoms with Gasteiger partial charge in [0.15, 0.2) is 24.5 Å². The molecule has 1 fully saturated rings. The highest BCUT2D eigenvalue weighted by Crippen LogP contribution is 2.34. The number of halogens is 1. The van der Waals surface area contributed by atoms with Crippen LogP contribution >= 0.6 is 0 Å². The number of benzene rings is 1. The smallest absolute Gasteiger partial charge is 0.342 e. The molecule has 9 heteroatoms. The van der Waals surface area contributed by atoms with Crippen LogP contribution in [0, 0.1) is 0 Å². The van der Waals surface area contributed by atoms with Crippen LogP contribution in [-0.2, 0) is 23.7 Å². The van der Waals surface area contributed by atoms with Crippen LogP contribution in [0.25, 0.3) is 6.08 Å². The first-order chi connectivity index (χ1) is 15.6. The van der Waals surface area contributed by atoms with Crippen molar-refractivity contribution in [1.82, 2.24) is 0 Å². The SMILES string of the molecule is COCOc1cc(OC)cc2c1C(=O)OC(C)C/C=C(/F)C(=O)C1OC(C)(C)O[C@@H]1C/C=C/2. The first-order valence-electron chi connectivity index (χ1n) is 10.6. The van der Waals surface area contributed by atoms with E-state index in [9.17, 15) is 14.0 Å². The molecule has 0 aromatic heterocycles. The van der Waals surface area contributed by atoms with Crippen molar-refractivity contribution in [2.75, 3.05) is 21.0 Å². The fourth-order valence-electron chi connectivity index (χ4n) is 3.67. The van der Waals surface area contributed by atoms with Crippen molar-refractivity contribution in [3.63, 3.8) is 0 Å². The summed E-state index contributed by atoms with van der Waals surface area (Å²) >= 11 is 0. The molecule has 1 aromatic carbocycles. The van der Waals surface area contributed by atoms with Gasteiger partial charge in [0.2, 0.25) is 5.78 Å². The third-order valence-electron chi connectivity index (χ3n) is 5.16. The van der Waals surface area contributed by atoms with Crippen LogP contribution in [-0.4, -0.2) is 56.9 Å². The second kappa shape index (κ2) is 10.5. The fourth-order valence-corrected chi connectivity index (χ4v) is 3.67. The van der Waals surface area contributed by atoms with Gasteiger partial charge in [-0.3, -0.25) is 4.79 Å². The molecule has 0 amide bonds. The lowest BCUT2D eigenvalue weighted by Gasteiger charge is -2.18. The number of hydrogen-bond donors (Lipinski definition) is 0. The van der Waals surface area contributed by atoms with E-state index in [2.05, 4.69) is 0 Å². The Morgan fingerprint density at radius 2 is 1.91 bits per heavy atom. The Hall–Kier alpha value is -2.75. The fraction of sp³-hybridized carbons (Fsp3) is 0.500. The van der Waals surface area contributed by atoms with Crippen molar-refractivity contribution in [1.29, 1.82) is 0 Å². The number of cyclic esters (lactones) is 1. The largest absolute Gasteiger partial charge is 0.497 e. The maximum atomic E-state index is 14.6. The summed E-state index contributed by atoms with van der Waals surface area (Å²) in [5.41, 5.74) is 0.659. The molecule has 2 aliphatic rings. The van der Waals surface area contributed by atoms with E-state index in [4.69, 9.17) is 28.4 Å². The van der Waals surface area contributed by atoms with Gasteiger partial charge in [-0.1, -0.05) is 12.2 Å². The van der Waals surface area contributed by atoms with E-state index < -0.39 is 41.7 Å². The third-order valence-corrected chi connectivity index (χ3v) is 5.16. The summed E-state index contributed by atoms with van der Waals surface area (Å²) in [6.07, 6.45) is 2.24. The van der Waals surface area contributed by atoms with Crippen molar-refractivity contribution in [3.8, 4) is 11.5 Å². The van der Waals surface area contributed by atoms with Gasteiger partial charge in [-0.05, 0) is 44.9 Å². The molecule has 8 nitrogen and oxygen atoms in total. The molecule has 0 saturated carbocycles. The van der Waals surface area contributed by atoms with E-state index in [1.807, 2.05) is 0 Å². The number of fused-ring (bicyclic) bond motifs is 2. The highest BCUT2D eigenvalue weighted by Gasteiger charge is 2.45. The lowest BCUT2D eigenvalue weighted by Crippen LogP contribution is -2.32. The molecule has 2 unspecified atom stereocenters. The summed E-state index contributed by atoms with van der Waals surface area (Å²) in [7, 11) is 2.96. The zero-order valence-corrected chi connectivity index (χ0v) is 19.4. The Labute approximate surface area is 192 Å². The van der Waals surface area contributed by atoms with E-state index in [0.717, 1.165) is 6.08 Å². The average molecular weight is 464 g/mol. The molecular formula is C24H29FO8. The number of ketones is 1. The molecule has 3 rings (SSSR count). The highest BCUT2D eigenvalue weighted by molar-refractivity contribution is 5.98. The van der Waals surface area contributed by atoms with Crippen LogP contribution in [0.5, 0.6) is 11.5 Å². The van der Waals surface area contributed by atoms with Gasteiger partial charge in [-0.15, -0.1) is 0 Å². The number of esters is 1. The van der Waals surface area contributed by atoms with Crippen molar-refractivity contribution in [2.24, 2.45) is 0 Å². The molecule has 1 saturated heterocycles. The normalized spacial score (nSPS) is 27.9. The quantitative estimate of drug-likeness (QED) is 0.489. The van der Waals surface area contributed by atoms with Crippen LogP contribution in [0.3, 0.4) is 0 Å². The van der Waals surface area contributed by atoms with Crippen LogP contribution in [0.2, 0.25) is 0 Å². The van der Waals surface area contributed by atoms with Gasteiger partial charge in [0.1, 0.15) is 23.2 Å². The van der Waals surface area contributed by atoms with E-state index in [0.29, 0.717) is 11.3 Å². The minimum Gasteiger partial charge on any atom is -0.497 e. The van der Waals surface area contributed by atoms with Gasteiger partial charge in [0.25, 0.3) is 0 Å². The summed E-state index contributed by atoms with van der Waals surface area (Å²) in [6.45, 7) is 4.85. The predicted molar refractivity (Wildman–Crippen MR) is 117 cm³/mol. The number of carbonyl (C=O) groups is 2. The minimum absolute atomic E-state index is 0.000535. The summed E-state index contributed by atoms with van der Waals surface area (Å²) < 4.78 is 47.6. The Morgan fingerprint density at radius 3 is 2.61 bits per heavy atom. The van der Waals surface area contributed by atoms with Crippen molar-refractivity contribution in [3.05, 3.63) is 41.2 Å². The van der Waals surface area contributed by atoms with Crippen molar-refractivity contribution >= 4 is 17.8 Å². The minimum atomic E-state index is -1.09. The Bertz CT molecular complexity index is 952. The molecule has 180 valence electrons. The van der Waals surface area contributed by atoms with Gasteiger partial charge >= 0.3 is 5.97 Å². The molecule has 33 heavy (non-hydrogen) atoms. The maximum absolute atomic E-state index is 14.6. The number of hydrogen-bond acceptors (Lipinski definition) is 8. The van der Waals surface area contributed by atoms with Crippen LogP contribution in [0.15, 0.2) is 30.1 Å². The molecule has 0 radical (unpaired) electrons. The van der Waals surface area contributed by atoms with E-state index in [1.165, 1.54) is 14.2 Å². The van der Waals surface area contributed by atoms with Gasteiger partial charge in [0.05, 0.1) is 13.2 Å². The van der Waals surface area contributed by atoms with Crippen LogP contribution in [0.4, 0.5) is 4.39 Å². The van der Waals surface area contributed by atoms with Gasteiger partial charge in [-0.25, -0.2) is 9.18 Å². The molecule has 2 aliphatic heterocycles. The Balaban J connectivity index is 2.06. The highest BCUT2D eigenvalue weighted by atomic mass is 19.1. The molecular weight excluding hydrogens is 435 g/mol. The van der Waals surface area contributed by atoms with Gasteiger partial charge in [0, 0.05) is 19.6 Å². The number of rotatable bonds is 4. The van der Waals surface area contributed by atoms with Crippen molar-refractivity contribution in [2.45, 2.75) is 57.7 Å². The van der Waals surface area contributed by atoms with Gasteiger partial charge in [-0.2, -0.15) is 0 Å². The van der Waals surface area contributed by atoms with Crippen LogP contribution in [0.1, 0.15) is 49.5 Å². The average Bonchev–Trinajstić information content (AvgIpc) is 3.08. The molecule has 0 N–H and O–H groups in total. The maximum Gasteiger partial charge on any atom is 0.342 e. The number of ether oxygens (including phenoxy) is 6. The predicted octanol–water partition coefficient (Wildman–Crippen LogP) is 3.97. The zero-order chi connectivity index (χ0) is 24.2. The monoisotopic (exact) mass is 464 g/mol. The Kier molecular flexibility index (Phi) is 7.88. The number of Topliss-reactive ketones (excluding diaryl/α,β-unsaturated/α-hetero) is 1. The zero-order valence-electron chi connectivity index (χ0n) is 19.4. The lowest BCUT2D eigenvalue weighted by molar-refractivity contribution is -0.153. The summed E-state index contributed by atoms with van der Waals surface area (Å²) in [5.74, 6) is -2.77. The summed E-state index contributed by atoms with van der Waals surface area (Å²) in [4.78, 5) is 25.7. The number of carbonyl (C=O) groups excluding carboxylic acids is 2. The van der Waals surface area contributed by atoms with E-state index >= 15 is 0 Å². The second-order valence-electron chi connectivity index (χ2n) is 8.24. The standard InChI is InChI=1S/C24H29FO8/c1-14-9-10-17(25)21(26)22-18(32-24(2,3)33-22)8-6-7-15-11-16(29-5)12-19(30-13-28-4)20(15)23(27)31-14/h6-7,10-12,14,18,22H,8-9,13H2,1-5H3/b7-6+,17-10+/t14?,18-,22?/m1/s1. The molecule has 1 aromatic rings. The van der Waals surface area contributed by atoms with Crippen LogP contribution < -0.4 is 9.47 Å². The summed E-state index contributed by atoms with van der Waals surface area (Å²) in [5, 5.41) is 0. The first-order valence-corrected chi connectivity index (χ1v) is 10.6. The molecule has 0 aliphatic carbocycles. The number of methoxy groups -OCH3 is 2. The van der Waals surface area contributed by atoms with Crippen molar-refractivity contribution < 1.29 is 42.4 Å². The Morgan fingerprint density at radius 1 is 1.15 bits per heavy atom. The first kappa shape index (κ1) is 24.9. The van der Waals surface area contributed by atoms with E-state index in [1.54, 1.807) is 45.1 Å². The molecule has 3 atom stereocenters. The lowest BCUT2D eigenvalue weighted by atomic mass is 10.0. The molecule has 2 heterocycles. The van der Waals surface area contributed by atoms with Gasteiger partial charge < -0.3 is 28.4 Å². The molecule has 0 spiro atoms. The third kappa shape index (κ3) is 5.98. The van der Waals surface area contributed by atoms with E-state index in [-0.39, 0.29) is 30.9 Å². The summed E-state index contributed by atoms with van der Waals surface area (Å²) in [6, 6.07) is 3.23. The molecule has 0 bridgehead atoms. The second-order valence-corrected chi connectivity index (χ2v) is 8.24.